The van der Waals surface area contributed by atoms with Gasteiger partial charge in [0.1, 0.15) is 5.58 Å². The minimum absolute atomic E-state index is 0.0614. The van der Waals surface area contributed by atoms with E-state index in [9.17, 15) is 4.79 Å². The quantitative estimate of drug-likeness (QED) is 0.722. The summed E-state index contributed by atoms with van der Waals surface area (Å²) in [5.74, 6) is 1.08. The fraction of sp³-hybridized carbons (Fsp3) is 0.400. The van der Waals surface area contributed by atoms with Crippen molar-refractivity contribution in [1.29, 1.82) is 0 Å². The Bertz CT molecular complexity index is 537. The highest BCUT2D eigenvalue weighted by Crippen LogP contribution is 2.26. The van der Waals surface area contributed by atoms with Crippen molar-refractivity contribution in [3.8, 4) is 0 Å². The van der Waals surface area contributed by atoms with Crippen LogP contribution in [0.5, 0.6) is 0 Å². The van der Waals surface area contributed by atoms with Crippen molar-refractivity contribution in [2.24, 2.45) is 0 Å². The summed E-state index contributed by atoms with van der Waals surface area (Å²) in [5, 5.41) is 1.03. The van der Waals surface area contributed by atoms with Crippen molar-refractivity contribution in [2.45, 2.75) is 39.5 Å². The molecule has 0 aliphatic heterocycles. The molecule has 0 aliphatic carbocycles. The second kappa shape index (κ2) is 4.74. The highest BCUT2D eigenvalue weighted by atomic mass is 16.3. The van der Waals surface area contributed by atoms with Crippen molar-refractivity contribution in [3.05, 3.63) is 35.6 Å². The molecule has 0 amide bonds. The number of hydrogen-bond donors (Lipinski definition) is 0. The first-order chi connectivity index (χ1) is 8.15. The molecule has 1 aromatic heterocycles. The highest BCUT2D eigenvalue weighted by Gasteiger charge is 2.11. The lowest BCUT2D eigenvalue weighted by Crippen LogP contribution is -1.92. The van der Waals surface area contributed by atoms with E-state index in [0.717, 1.165) is 17.4 Å². The van der Waals surface area contributed by atoms with E-state index in [0.29, 0.717) is 18.1 Å². The van der Waals surface area contributed by atoms with Gasteiger partial charge in [0.05, 0.1) is 0 Å². The molecule has 90 valence electrons. The predicted molar refractivity (Wildman–Crippen MR) is 69.5 cm³/mol. The lowest BCUT2D eigenvalue weighted by Gasteiger charge is -2.07. The van der Waals surface area contributed by atoms with E-state index in [1.807, 2.05) is 19.1 Å². The van der Waals surface area contributed by atoms with Gasteiger partial charge in [-0.2, -0.15) is 0 Å². The van der Waals surface area contributed by atoms with Crippen LogP contribution in [0.2, 0.25) is 0 Å². The Hall–Kier alpha value is -1.57. The average Bonchev–Trinajstić information content (AvgIpc) is 2.79. The van der Waals surface area contributed by atoms with Gasteiger partial charge in [-0.3, -0.25) is 4.79 Å². The summed E-state index contributed by atoms with van der Waals surface area (Å²) in [6.45, 7) is 6.23. The molecular formula is C15H18O2. The summed E-state index contributed by atoms with van der Waals surface area (Å²) in [7, 11) is 0. The SMILES string of the molecule is CCC(=O)c1cc2cc(C(C)CC)ccc2o1. The molecule has 1 heterocycles. The molecule has 0 N–H and O–H groups in total. The molecule has 0 bridgehead atoms. The Balaban J connectivity index is 2.44. The average molecular weight is 230 g/mol. The van der Waals surface area contributed by atoms with Crippen LogP contribution in [0.25, 0.3) is 11.0 Å². The molecule has 2 aromatic rings. The second-order valence-corrected chi connectivity index (χ2v) is 4.49. The first kappa shape index (κ1) is 11.9. The first-order valence-corrected chi connectivity index (χ1v) is 6.22. The fourth-order valence-corrected chi connectivity index (χ4v) is 1.92. The maximum absolute atomic E-state index is 11.6. The normalized spacial score (nSPS) is 12.9. The maximum atomic E-state index is 11.6. The minimum atomic E-state index is 0.0614. The first-order valence-electron chi connectivity index (χ1n) is 6.22. The summed E-state index contributed by atoms with van der Waals surface area (Å²) >= 11 is 0. The molecule has 0 spiro atoms. The van der Waals surface area contributed by atoms with E-state index in [2.05, 4.69) is 26.0 Å². The molecule has 1 aromatic carbocycles. The zero-order valence-corrected chi connectivity index (χ0v) is 10.6. The minimum Gasteiger partial charge on any atom is -0.453 e. The predicted octanol–water partition coefficient (Wildman–Crippen LogP) is 4.54. The largest absolute Gasteiger partial charge is 0.453 e. The van der Waals surface area contributed by atoms with Gasteiger partial charge in [-0.05, 0) is 36.1 Å². The van der Waals surface area contributed by atoms with Crippen molar-refractivity contribution >= 4 is 16.8 Å². The van der Waals surface area contributed by atoms with Gasteiger partial charge in [0.25, 0.3) is 0 Å². The van der Waals surface area contributed by atoms with Gasteiger partial charge in [0, 0.05) is 11.8 Å². The van der Waals surface area contributed by atoms with Gasteiger partial charge < -0.3 is 4.42 Å². The molecule has 0 saturated carbocycles. The van der Waals surface area contributed by atoms with Gasteiger partial charge in [-0.1, -0.05) is 26.8 Å². The number of benzene rings is 1. The summed E-state index contributed by atoms with van der Waals surface area (Å²) in [6.07, 6.45) is 1.60. The number of carbonyl (C=O) groups excluding carboxylic acids is 1. The molecule has 0 aliphatic rings. The Morgan fingerprint density at radius 1 is 1.29 bits per heavy atom. The Morgan fingerprint density at radius 3 is 2.71 bits per heavy atom. The van der Waals surface area contributed by atoms with Crippen molar-refractivity contribution in [3.63, 3.8) is 0 Å². The summed E-state index contributed by atoms with van der Waals surface area (Å²) in [4.78, 5) is 11.6. The third-order valence-corrected chi connectivity index (χ3v) is 3.32. The number of fused-ring (bicyclic) bond motifs is 1. The lowest BCUT2D eigenvalue weighted by atomic mass is 9.98. The van der Waals surface area contributed by atoms with Crippen LogP contribution < -0.4 is 0 Å². The summed E-state index contributed by atoms with van der Waals surface area (Å²) in [5.41, 5.74) is 2.10. The van der Waals surface area contributed by atoms with E-state index in [1.165, 1.54) is 5.56 Å². The molecule has 0 radical (unpaired) electrons. The van der Waals surface area contributed by atoms with Crippen LogP contribution in [0.1, 0.15) is 55.6 Å². The standard InChI is InChI=1S/C15H18O2/c1-4-10(3)11-6-7-14-12(8-11)9-15(17-14)13(16)5-2/h6-10H,4-5H2,1-3H3. The second-order valence-electron chi connectivity index (χ2n) is 4.49. The maximum Gasteiger partial charge on any atom is 0.197 e. The fourth-order valence-electron chi connectivity index (χ4n) is 1.92. The van der Waals surface area contributed by atoms with Crippen LogP contribution in [-0.2, 0) is 0 Å². The third kappa shape index (κ3) is 2.26. The number of furan rings is 1. The Morgan fingerprint density at radius 2 is 2.06 bits per heavy atom. The molecule has 17 heavy (non-hydrogen) atoms. The van der Waals surface area contributed by atoms with Gasteiger partial charge >= 0.3 is 0 Å². The lowest BCUT2D eigenvalue weighted by molar-refractivity contribution is 0.0963. The number of hydrogen-bond acceptors (Lipinski definition) is 2. The van der Waals surface area contributed by atoms with Crippen LogP contribution in [0.4, 0.5) is 0 Å². The Kier molecular flexibility index (Phi) is 3.32. The molecule has 1 atom stereocenters. The van der Waals surface area contributed by atoms with Crippen molar-refractivity contribution < 1.29 is 9.21 Å². The van der Waals surface area contributed by atoms with E-state index in [1.54, 1.807) is 0 Å². The van der Waals surface area contributed by atoms with Crippen molar-refractivity contribution in [1.82, 2.24) is 0 Å². The number of Topliss-reactive ketones (excluding diaryl/α,β-unsaturated/α-hetero) is 1. The summed E-state index contributed by atoms with van der Waals surface area (Å²) in [6, 6.07) is 8.02. The zero-order chi connectivity index (χ0) is 12.4. The smallest absolute Gasteiger partial charge is 0.197 e. The van der Waals surface area contributed by atoms with Gasteiger partial charge in [0.15, 0.2) is 11.5 Å². The zero-order valence-electron chi connectivity index (χ0n) is 10.6. The van der Waals surface area contributed by atoms with Crippen LogP contribution in [0, 0.1) is 0 Å². The van der Waals surface area contributed by atoms with Crippen LogP contribution in [0.15, 0.2) is 28.7 Å². The molecule has 1 unspecified atom stereocenters. The third-order valence-electron chi connectivity index (χ3n) is 3.32. The van der Waals surface area contributed by atoms with E-state index in [4.69, 9.17) is 4.42 Å². The van der Waals surface area contributed by atoms with Gasteiger partial charge in [-0.15, -0.1) is 0 Å². The highest BCUT2D eigenvalue weighted by molar-refractivity contribution is 5.97. The number of ketones is 1. The number of carbonyl (C=O) groups is 1. The van der Waals surface area contributed by atoms with Crippen LogP contribution in [-0.4, -0.2) is 5.78 Å². The van der Waals surface area contributed by atoms with E-state index < -0.39 is 0 Å². The summed E-state index contributed by atoms with van der Waals surface area (Å²) < 4.78 is 5.54. The molecule has 2 heteroatoms. The van der Waals surface area contributed by atoms with Crippen molar-refractivity contribution in [2.75, 3.05) is 0 Å². The van der Waals surface area contributed by atoms with E-state index >= 15 is 0 Å². The van der Waals surface area contributed by atoms with Gasteiger partial charge in [-0.25, -0.2) is 0 Å². The van der Waals surface area contributed by atoms with E-state index in [-0.39, 0.29) is 5.78 Å². The van der Waals surface area contributed by atoms with Crippen LogP contribution >= 0.6 is 0 Å². The molecule has 2 rings (SSSR count). The Labute approximate surface area is 102 Å². The number of rotatable bonds is 4. The molecular weight excluding hydrogens is 212 g/mol. The molecule has 0 fully saturated rings. The topological polar surface area (TPSA) is 30.2 Å². The molecule has 2 nitrogen and oxygen atoms in total. The monoisotopic (exact) mass is 230 g/mol. The molecule has 0 saturated heterocycles. The van der Waals surface area contributed by atoms with Crippen LogP contribution in [0.3, 0.4) is 0 Å². The van der Waals surface area contributed by atoms with Gasteiger partial charge in [0.2, 0.25) is 0 Å².